The number of alkyl halides is 2. The highest BCUT2D eigenvalue weighted by Crippen LogP contribution is 2.48. The molecule has 3 aromatic carbocycles. The van der Waals surface area contributed by atoms with Gasteiger partial charge in [-0.15, -0.1) is 0 Å². The van der Waals surface area contributed by atoms with Crippen LogP contribution in [0.1, 0.15) is 90.9 Å². The van der Waals surface area contributed by atoms with Crippen molar-refractivity contribution < 1.29 is 27.8 Å². The van der Waals surface area contributed by atoms with Gasteiger partial charge < -0.3 is 24.1 Å². The zero-order chi connectivity index (χ0) is 36.9. The number of hydrogen-bond donors (Lipinski definition) is 2. The second-order valence-electron chi connectivity index (χ2n) is 15.0. The number of amides is 1. The molecule has 12 heteroatoms. The largest absolute Gasteiger partial charge is 0.436 e. The van der Waals surface area contributed by atoms with Crippen LogP contribution in [-0.2, 0) is 26.6 Å². The van der Waals surface area contributed by atoms with Crippen molar-refractivity contribution in [2.45, 2.75) is 96.9 Å². The molecule has 0 radical (unpaired) electrons. The van der Waals surface area contributed by atoms with E-state index in [4.69, 9.17) is 21.0 Å². The Labute approximate surface area is 312 Å². The van der Waals surface area contributed by atoms with Gasteiger partial charge in [-0.2, -0.15) is 8.78 Å². The summed E-state index contributed by atoms with van der Waals surface area (Å²) in [5, 5.41) is 13.1. The minimum absolute atomic E-state index is 0.173. The Morgan fingerprint density at radius 3 is 2.55 bits per heavy atom. The molecule has 3 aliphatic rings. The molecule has 2 fully saturated rings. The van der Waals surface area contributed by atoms with Crippen molar-refractivity contribution in [1.29, 1.82) is 0 Å². The number of benzene rings is 3. The van der Waals surface area contributed by atoms with Crippen molar-refractivity contribution >= 4 is 34.3 Å². The van der Waals surface area contributed by atoms with Crippen LogP contribution < -0.4 is 10.1 Å². The number of oxazole rings is 1. The highest BCUT2D eigenvalue weighted by atomic mass is 35.5. The standard InChI is InChI=1S/C41H44ClF2N5O4/c1-24-27(8-6-9-28(24)39-47-31-20-25(23-50)34(53-40(43)44)21-35(31)52-39)29-10-7-11-30(36(29)42)46-38(51)37-45-32-22-49(19-14-33(32)48(37)2)26-12-17-41(18-13-26)15-4-3-5-16-41/h6-11,20-21,26,40,50H,3-5,12-19,22-23H2,1-2H3,(H,46,51). The summed E-state index contributed by atoms with van der Waals surface area (Å²) in [6.07, 6.45) is 13.0. The summed E-state index contributed by atoms with van der Waals surface area (Å²) in [6.45, 7) is 0.118. The van der Waals surface area contributed by atoms with Gasteiger partial charge in [0.2, 0.25) is 5.89 Å². The number of ether oxygens (including phenoxy) is 1. The van der Waals surface area contributed by atoms with E-state index in [-0.39, 0.29) is 28.7 Å². The molecular formula is C41H44ClF2N5O4. The Morgan fingerprint density at radius 2 is 1.79 bits per heavy atom. The fourth-order valence-electron chi connectivity index (χ4n) is 9.06. The maximum atomic E-state index is 13.8. The minimum Gasteiger partial charge on any atom is -0.436 e. The summed E-state index contributed by atoms with van der Waals surface area (Å²) in [4.78, 5) is 25.8. The van der Waals surface area contributed by atoms with Gasteiger partial charge >= 0.3 is 6.61 Å². The molecular weight excluding hydrogens is 700 g/mol. The first kappa shape index (κ1) is 35.7. The minimum atomic E-state index is -3.05. The Hall–Kier alpha value is -4.32. The third-order valence-electron chi connectivity index (χ3n) is 12.0. The highest BCUT2D eigenvalue weighted by molar-refractivity contribution is 6.36. The average molecular weight is 744 g/mol. The summed E-state index contributed by atoms with van der Waals surface area (Å²) in [5.41, 5.74) is 6.94. The number of fused-ring (bicyclic) bond motifs is 2. The van der Waals surface area contributed by atoms with E-state index < -0.39 is 13.2 Å². The number of aliphatic hydroxyl groups excluding tert-OH is 1. The van der Waals surface area contributed by atoms with Crippen LogP contribution in [0.15, 0.2) is 52.9 Å². The van der Waals surface area contributed by atoms with Gasteiger partial charge in [-0.3, -0.25) is 9.69 Å². The molecule has 0 saturated heterocycles. The zero-order valence-corrected chi connectivity index (χ0v) is 30.8. The van der Waals surface area contributed by atoms with Crippen molar-refractivity contribution in [2.24, 2.45) is 12.5 Å². The third-order valence-corrected chi connectivity index (χ3v) is 12.4. The van der Waals surface area contributed by atoms with Crippen molar-refractivity contribution in [1.82, 2.24) is 19.4 Å². The molecule has 5 aromatic rings. The highest BCUT2D eigenvalue weighted by Gasteiger charge is 2.39. The van der Waals surface area contributed by atoms with Gasteiger partial charge in [0, 0.05) is 61.1 Å². The lowest BCUT2D eigenvalue weighted by Crippen LogP contribution is -2.44. The maximum Gasteiger partial charge on any atom is 0.387 e. The van der Waals surface area contributed by atoms with E-state index in [0.717, 1.165) is 42.0 Å². The number of rotatable bonds is 8. The molecule has 0 bridgehead atoms. The number of nitrogens with zero attached hydrogens (tertiary/aromatic N) is 4. The molecule has 1 spiro atoms. The van der Waals surface area contributed by atoms with Gasteiger partial charge in [-0.1, -0.05) is 55.1 Å². The van der Waals surface area contributed by atoms with Gasteiger partial charge in [-0.05, 0) is 80.2 Å². The summed E-state index contributed by atoms with van der Waals surface area (Å²) in [6, 6.07) is 14.5. The van der Waals surface area contributed by atoms with E-state index in [2.05, 4.69) is 19.9 Å². The van der Waals surface area contributed by atoms with E-state index in [9.17, 15) is 18.7 Å². The molecule has 2 aromatic heterocycles. The second kappa shape index (κ2) is 14.5. The Bertz CT molecular complexity index is 2170. The van der Waals surface area contributed by atoms with Crippen LogP contribution in [0.2, 0.25) is 5.02 Å². The molecule has 278 valence electrons. The van der Waals surface area contributed by atoms with Crippen molar-refractivity contribution in [3.8, 4) is 28.3 Å². The number of anilines is 1. The SMILES string of the molecule is Cc1c(-c2nc3cc(CO)c(OC(F)F)cc3o2)cccc1-c1cccc(NC(=O)c2nc3c(n2C)CCN(C2CCC4(CCCCC4)CC2)C3)c1Cl. The second-order valence-corrected chi connectivity index (χ2v) is 15.4. The lowest BCUT2D eigenvalue weighted by Gasteiger charge is -2.46. The first-order valence-corrected chi connectivity index (χ1v) is 19.0. The van der Waals surface area contributed by atoms with Crippen LogP contribution >= 0.6 is 11.6 Å². The first-order chi connectivity index (χ1) is 25.6. The predicted octanol–water partition coefficient (Wildman–Crippen LogP) is 9.45. The van der Waals surface area contributed by atoms with E-state index in [1.54, 1.807) is 6.07 Å². The lowest BCUT2D eigenvalue weighted by molar-refractivity contribution is -0.0508. The number of nitrogens with one attached hydrogen (secondary N) is 1. The van der Waals surface area contributed by atoms with Gasteiger partial charge in [0.05, 0.1) is 23.0 Å². The quantitative estimate of drug-likeness (QED) is 0.163. The summed E-state index contributed by atoms with van der Waals surface area (Å²) < 4.78 is 38.5. The number of carbonyl (C=O) groups is 1. The number of aromatic nitrogens is 3. The van der Waals surface area contributed by atoms with Gasteiger partial charge in [-0.25, -0.2) is 9.97 Å². The Balaban J connectivity index is 0.999. The molecule has 3 heterocycles. The fourth-order valence-corrected chi connectivity index (χ4v) is 9.34. The molecule has 2 aliphatic carbocycles. The number of imidazole rings is 1. The van der Waals surface area contributed by atoms with E-state index in [1.165, 1.54) is 69.9 Å². The molecule has 1 aliphatic heterocycles. The molecule has 0 unspecified atom stereocenters. The van der Waals surface area contributed by atoms with E-state index in [0.29, 0.717) is 44.6 Å². The number of halogens is 3. The van der Waals surface area contributed by atoms with Gasteiger partial charge in [0.15, 0.2) is 11.4 Å². The molecule has 8 rings (SSSR count). The third kappa shape index (κ3) is 6.83. The zero-order valence-electron chi connectivity index (χ0n) is 30.1. The van der Waals surface area contributed by atoms with Crippen molar-refractivity contribution in [3.63, 3.8) is 0 Å². The van der Waals surface area contributed by atoms with E-state index in [1.807, 2.05) is 48.9 Å². The van der Waals surface area contributed by atoms with Gasteiger partial charge in [0.25, 0.3) is 5.91 Å². The van der Waals surface area contributed by atoms with Crippen LogP contribution in [0.4, 0.5) is 14.5 Å². The average Bonchev–Trinajstić information content (AvgIpc) is 3.72. The molecule has 0 atom stereocenters. The molecule has 1 amide bonds. The topological polar surface area (TPSA) is 106 Å². The number of hydrogen-bond acceptors (Lipinski definition) is 7. The fraction of sp³-hybridized carbons (Fsp3) is 0.439. The van der Waals surface area contributed by atoms with Crippen molar-refractivity contribution in [2.75, 3.05) is 11.9 Å². The normalized spacial score (nSPS) is 17.8. The maximum absolute atomic E-state index is 13.8. The Kier molecular flexibility index (Phi) is 9.76. The molecule has 2 saturated carbocycles. The molecule has 2 N–H and O–H groups in total. The van der Waals surface area contributed by atoms with E-state index >= 15 is 0 Å². The van der Waals surface area contributed by atoms with Crippen LogP contribution in [0, 0.1) is 12.3 Å². The first-order valence-electron chi connectivity index (χ1n) is 18.6. The summed E-state index contributed by atoms with van der Waals surface area (Å²) in [7, 11) is 1.92. The van der Waals surface area contributed by atoms with Crippen molar-refractivity contribution in [3.05, 3.63) is 81.9 Å². The molecule has 53 heavy (non-hydrogen) atoms. The monoisotopic (exact) mass is 743 g/mol. The van der Waals surface area contributed by atoms with Crippen LogP contribution in [0.25, 0.3) is 33.7 Å². The summed E-state index contributed by atoms with van der Waals surface area (Å²) >= 11 is 7.02. The smallest absolute Gasteiger partial charge is 0.387 e. The molecule has 9 nitrogen and oxygen atoms in total. The number of carbonyl (C=O) groups excluding carboxylic acids is 1. The lowest BCUT2D eigenvalue weighted by atomic mass is 9.64. The van der Waals surface area contributed by atoms with Crippen LogP contribution in [-0.4, -0.2) is 49.6 Å². The van der Waals surface area contributed by atoms with Gasteiger partial charge in [0.1, 0.15) is 11.3 Å². The summed E-state index contributed by atoms with van der Waals surface area (Å²) in [5.74, 6) is 0.141. The van der Waals surface area contributed by atoms with Crippen LogP contribution in [0.3, 0.4) is 0 Å². The predicted molar refractivity (Wildman–Crippen MR) is 200 cm³/mol. The Morgan fingerprint density at radius 1 is 1.06 bits per heavy atom. The number of aliphatic hydroxyl groups is 1. The van der Waals surface area contributed by atoms with Crippen LogP contribution in [0.5, 0.6) is 5.75 Å².